The molecule has 0 aromatic carbocycles. The smallest absolute Gasteiger partial charge is 0.315 e. The molecule has 8 heteroatoms. The molecule has 28 heavy (non-hydrogen) atoms. The Hall–Kier alpha value is -1.90. The predicted octanol–water partition coefficient (Wildman–Crippen LogP) is 1.56. The Kier molecular flexibility index (Phi) is 5.70. The molecule has 2 saturated heterocycles. The third kappa shape index (κ3) is 3.94. The minimum atomic E-state index is -0.266. The molecule has 1 aromatic rings. The van der Waals surface area contributed by atoms with Gasteiger partial charge in [0.2, 0.25) is 0 Å². The predicted molar refractivity (Wildman–Crippen MR) is 101 cm³/mol. The van der Waals surface area contributed by atoms with Crippen molar-refractivity contribution in [3.63, 3.8) is 0 Å². The van der Waals surface area contributed by atoms with Gasteiger partial charge in [0.25, 0.3) is 0 Å². The van der Waals surface area contributed by atoms with Gasteiger partial charge in [0.15, 0.2) is 6.10 Å². The number of nitrogens with one attached hydrogen (secondary N) is 2. The van der Waals surface area contributed by atoms with Crippen molar-refractivity contribution >= 4 is 6.03 Å². The first kappa shape index (κ1) is 19.4. The van der Waals surface area contributed by atoms with Crippen molar-refractivity contribution in [3.8, 4) is 5.75 Å². The van der Waals surface area contributed by atoms with Gasteiger partial charge in [0.05, 0.1) is 37.1 Å². The highest BCUT2D eigenvalue weighted by atomic mass is 16.6. The summed E-state index contributed by atoms with van der Waals surface area (Å²) in [4.78, 5) is 16.9. The Bertz CT molecular complexity index is 694. The molecule has 4 rings (SSSR count). The lowest BCUT2D eigenvalue weighted by atomic mass is 9.99. The highest BCUT2D eigenvalue weighted by Crippen LogP contribution is 2.32. The van der Waals surface area contributed by atoms with E-state index in [4.69, 9.17) is 18.9 Å². The number of rotatable bonds is 6. The van der Waals surface area contributed by atoms with E-state index in [1.54, 1.807) is 13.3 Å². The zero-order chi connectivity index (χ0) is 19.6. The summed E-state index contributed by atoms with van der Waals surface area (Å²) in [5.41, 5.74) is 0.565. The number of hydrogen-bond acceptors (Lipinski definition) is 6. The van der Waals surface area contributed by atoms with E-state index in [-0.39, 0.29) is 35.9 Å². The number of aryl methyl sites for hydroxylation is 1. The molecule has 1 aromatic heterocycles. The summed E-state index contributed by atoms with van der Waals surface area (Å²) in [5, 5.41) is 6.17. The number of ether oxygens (including phenoxy) is 4. The average molecular weight is 391 g/mol. The number of methoxy groups -OCH3 is 1. The lowest BCUT2D eigenvalue weighted by Crippen LogP contribution is -2.56. The Labute approximate surface area is 165 Å². The van der Waals surface area contributed by atoms with Crippen LogP contribution in [0.25, 0.3) is 0 Å². The first-order valence-electron chi connectivity index (χ1n) is 9.99. The van der Waals surface area contributed by atoms with Crippen LogP contribution in [0.2, 0.25) is 0 Å². The summed E-state index contributed by atoms with van der Waals surface area (Å²) in [7, 11) is 1.67. The van der Waals surface area contributed by atoms with Crippen molar-refractivity contribution in [2.45, 2.75) is 62.5 Å². The third-order valence-corrected chi connectivity index (χ3v) is 5.92. The number of hydrogen-bond donors (Lipinski definition) is 2. The van der Waals surface area contributed by atoms with E-state index < -0.39 is 0 Å². The molecule has 154 valence electrons. The second-order valence-corrected chi connectivity index (χ2v) is 7.96. The van der Waals surface area contributed by atoms with Gasteiger partial charge in [-0.05, 0) is 31.9 Å². The molecule has 0 radical (unpaired) electrons. The van der Waals surface area contributed by atoms with E-state index in [1.165, 1.54) is 0 Å². The Balaban J connectivity index is 1.33. The number of carbonyl (C=O) groups excluding carboxylic acids is 1. The minimum absolute atomic E-state index is 0.190. The van der Waals surface area contributed by atoms with Gasteiger partial charge in [-0.3, -0.25) is 4.98 Å². The van der Waals surface area contributed by atoms with Crippen LogP contribution in [0.1, 0.15) is 31.4 Å². The lowest BCUT2D eigenvalue weighted by molar-refractivity contribution is 0.0299. The average Bonchev–Trinajstić information content (AvgIpc) is 3.37. The molecule has 0 unspecified atom stereocenters. The highest BCUT2D eigenvalue weighted by molar-refractivity contribution is 5.75. The topological polar surface area (TPSA) is 90.9 Å². The number of amides is 2. The van der Waals surface area contributed by atoms with Crippen molar-refractivity contribution in [2.24, 2.45) is 0 Å². The summed E-state index contributed by atoms with van der Waals surface area (Å²) in [5.74, 6) is 0.734. The van der Waals surface area contributed by atoms with Crippen LogP contribution in [-0.2, 0) is 14.2 Å². The number of nitrogens with zero attached hydrogens (tertiary/aromatic N) is 1. The van der Waals surface area contributed by atoms with E-state index in [9.17, 15) is 4.79 Å². The molecule has 1 aliphatic carbocycles. The second-order valence-electron chi connectivity index (χ2n) is 7.96. The molecule has 1 saturated carbocycles. The normalized spacial score (nSPS) is 30.8. The molecule has 8 nitrogen and oxygen atoms in total. The number of fused-ring (bicyclic) bond motifs is 1. The van der Waals surface area contributed by atoms with Crippen LogP contribution in [0.3, 0.4) is 0 Å². The molecule has 0 bridgehead atoms. The maximum Gasteiger partial charge on any atom is 0.315 e. The van der Waals surface area contributed by atoms with Crippen LogP contribution >= 0.6 is 0 Å². The molecule has 0 spiro atoms. The van der Waals surface area contributed by atoms with Gasteiger partial charge in [-0.15, -0.1) is 0 Å². The van der Waals surface area contributed by atoms with Gasteiger partial charge in [-0.1, -0.05) is 12.8 Å². The van der Waals surface area contributed by atoms with Crippen LogP contribution in [-0.4, -0.2) is 67.8 Å². The van der Waals surface area contributed by atoms with Crippen molar-refractivity contribution < 1.29 is 23.7 Å². The molecule has 2 amide bonds. The summed E-state index contributed by atoms with van der Waals surface area (Å²) in [6.07, 6.45) is 5.21. The van der Waals surface area contributed by atoms with Crippen molar-refractivity contribution in [1.82, 2.24) is 15.6 Å². The number of urea groups is 1. The van der Waals surface area contributed by atoms with E-state index in [0.717, 1.165) is 37.1 Å². The van der Waals surface area contributed by atoms with Crippen molar-refractivity contribution in [3.05, 3.63) is 24.0 Å². The maximum absolute atomic E-state index is 12.6. The summed E-state index contributed by atoms with van der Waals surface area (Å²) in [6, 6.07) is 3.35. The lowest BCUT2D eigenvalue weighted by Gasteiger charge is -2.30. The second kappa shape index (κ2) is 8.23. The van der Waals surface area contributed by atoms with Gasteiger partial charge >= 0.3 is 6.03 Å². The quantitative estimate of drug-likeness (QED) is 0.765. The molecule has 4 atom stereocenters. The molecule has 3 fully saturated rings. The molecule has 2 aliphatic heterocycles. The number of aromatic nitrogens is 1. The van der Waals surface area contributed by atoms with E-state index in [1.807, 2.05) is 19.1 Å². The van der Waals surface area contributed by atoms with E-state index in [2.05, 4.69) is 15.6 Å². The molecule has 2 N–H and O–H groups in total. The van der Waals surface area contributed by atoms with Gasteiger partial charge in [-0.25, -0.2) is 4.79 Å². The Morgan fingerprint density at radius 1 is 1.29 bits per heavy atom. The maximum atomic E-state index is 12.6. The summed E-state index contributed by atoms with van der Waals surface area (Å²) >= 11 is 0. The van der Waals surface area contributed by atoms with Crippen LogP contribution in [0.4, 0.5) is 4.79 Å². The minimum Gasteiger partial charge on any atom is -0.483 e. The zero-order valence-electron chi connectivity index (χ0n) is 16.5. The first-order chi connectivity index (χ1) is 13.6. The summed E-state index contributed by atoms with van der Waals surface area (Å²) < 4.78 is 23.2. The van der Waals surface area contributed by atoms with Crippen molar-refractivity contribution in [1.29, 1.82) is 0 Å². The third-order valence-electron chi connectivity index (χ3n) is 5.92. The van der Waals surface area contributed by atoms with E-state index in [0.29, 0.717) is 19.8 Å². The Morgan fingerprint density at radius 2 is 2.07 bits per heavy atom. The fourth-order valence-corrected chi connectivity index (χ4v) is 4.52. The number of pyridine rings is 1. The summed E-state index contributed by atoms with van der Waals surface area (Å²) in [6.45, 7) is 3.28. The molecular weight excluding hydrogens is 362 g/mol. The van der Waals surface area contributed by atoms with Gasteiger partial charge < -0.3 is 29.6 Å². The SMILES string of the molecule is COCC1(NC(=O)N[C@H]2CO[C@H]3[C@@H]2OC[C@@H]3Oc2cccnc2C)CCCC1. The van der Waals surface area contributed by atoms with Gasteiger partial charge in [-0.2, -0.15) is 0 Å². The van der Waals surface area contributed by atoms with Crippen LogP contribution in [0, 0.1) is 6.92 Å². The molecule has 3 heterocycles. The fraction of sp³-hybridized carbons (Fsp3) is 0.700. The number of carbonyl (C=O) groups is 1. The molecule has 3 aliphatic rings. The first-order valence-corrected chi connectivity index (χ1v) is 9.99. The molecular formula is C20H29N3O5. The van der Waals surface area contributed by atoms with E-state index >= 15 is 0 Å². The standard InChI is InChI=1S/C20H29N3O5/c1-13-15(6-5-9-21-13)28-16-11-27-17-14(10-26-18(16)17)22-19(24)23-20(12-25-2)7-3-4-8-20/h5-6,9,14,16-18H,3-4,7-8,10-12H2,1-2H3,(H2,22,23,24)/t14-,16-,17+,18+/m0/s1. The highest BCUT2D eigenvalue weighted by Gasteiger charge is 2.50. The van der Waals surface area contributed by atoms with Crippen molar-refractivity contribution in [2.75, 3.05) is 26.9 Å². The van der Waals surface area contributed by atoms with Gasteiger partial charge in [0, 0.05) is 13.3 Å². The largest absolute Gasteiger partial charge is 0.483 e. The van der Waals surface area contributed by atoms with Crippen LogP contribution in [0.5, 0.6) is 5.75 Å². The monoisotopic (exact) mass is 391 g/mol. The Morgan fingerprint density at radius 3 is 2.82 bits per heavy atom. The van der Waals surface area contributed by atoms with Crippen LogP contribution in [0.15, 0.2) is 18.3 Å². The zero-order valence-corrected chi connectivity index (χ0v) is 16.5. The van der Waals surface area contributed by atoms with Gasteiger partial charge in [0.1, 0.15) is 18.0 Å². The van der Waals surface area contributed by atoms with Crippen LogP contribution < -0.4 is 15.4 Å². The fourth-order valence-electron chi connectivity index (χ4n) is 4.52.